The summed E-state index contributed by atoms with van der Waals surface area (Å²) in [4.78, 5) is 132. The lowest BCUT2D eigenvalue weighted by atomic mass is 9.93. The van der Waals surface area contributed by atoms with Crippen molar-refractivity contribution in [3.05, 3.63) is 18.2 Å². The molecule has 1 fully saturated rings. The number of hydrogen-bond acceptors (Lipinski definition) is 17. The summed E-state index contributed by atoms with van der Waals surface area (Å²) in [7, 11) is 0. The molecule has 0 aromatic carbocycles. The van der Waals surface area contributed by atoms with Crippen molar-refractivity contribution in [3.63, 3.8) is 0 Å². The van der Waals surface area contributed by atoms with Gasteiger partial charge in [-0.2, -0.15) is 13.2 Å². The summed E-state index contributed by atoms with van der Waals surface area (Å²) >= 11 is 0. The van der Waals surface area contributed by atoms with Crippen LogP contribution in [0, 0.1) is 11.8 Å². The van der Waals surface area contributed by atoms with Gasteiger partial charge in [-0.1, -0.05) is 6.42 Å². The number of amides is 7. The number of nitrogens with two attached hydrogens (primary N) is 7. The second kappa shape index (κ2) is 34.3. The third-order valence-electron chi connectivity index (χ3n) is 12.7. The van der Waals surface area contributed by atoms with Crippen molar-refractivity contribution in [1.82, 2.24) is 46.8 Å². The number of alkyl halides is 3. The number of aliphatic hydroxyl groups is 1. The lowest BCUT2D eigenvalue weighted by Gasteiger charge is -2.30. The van der Waals surface area contributed by atoms with Crippen molar-refractivity contribution >= 4 is 59.1 Å². The minimum absolute atomic E-state index is 0.0375. The molecule has 0 radical (unpaired) electrons. The second-order valence-electron chi connectivity index (χ2n) is 18.8. The molecule has 7 amide bonds. The molecule has 10 atom stereocenters. The minimum Gasteiger partial charge on any atom is -0.481 e. The van der Waals surface area contributed by atoms with Gasteiger partial charge in [-0.3, -0.25) is 48.1 Å². The Morgan fingerprint density at radius 1 is 0.792 bits per heavy atom. The van der Waals surface area contributed by atoms with Gasteiger partial charge >= 0.3 is 12.1 Å². The molecule has 1 unspecified atom stereocenters. The highest BCUT2D eigenvalue weighted by atomic mass is 19.4. The molecule has 31 heteroatoms. The molecule has 0 saturated carbocycles. The maximum absolute atomic E-state index is 14.4. The van der Waals surface area contributed by atoms with E-state index in [1.54, 1.807) is 0 Å². The summed E-state index contributed by atoms with van der Waals surface area (Å²) < 4.78 is 43.3. The van der Waals surface area contributed by atoms with Gasteiger partial charge in [-0.15, -0.1) is 0 Å². The fourth-order valence-corrected chi connectivity index (χ4v) is 8.25. The van der Waals surface area contributed by atoms with E-state index in [0.29, 0.717) is 43.5 Å². The number of halogens is 3. The smallest absolute Gasteiger partial charge is 0.393 e. The van der Waals surface area contributed by atoms with Gasteiger partial charge in [-0.05, 0) is 97.2 Å². The highest BCUT2D eigenvalue weighted by Crippen LogP contribution is 2.37. The number of nitrogens with one attached hydrogen (secondary N) is 7. The number of aliphatic hydroxyl groups excluding tert-OH is 1. The first-order chi connectivity index (χ1) is 36.4. The quantitative estimate of drug-likeness (QED) is 0.0169. The number of aliphatic carboxylic acids is 1. The van der Waals surface area contributed by atoms with Gasteiger partial charge in [0.2, 0.25) is 41.4 Å². The molecule has 1 aromatic rings. The van der Waals surface area contributed by atoms with Crippen molar-refractivity contribution in [2.24, 2.45) is 57.0 Å². The van der Waals surface area contributed by atoms with Gasteiger partial charge in [0.15, 0.2) is 11.7 Å². The predicted molar refractivity (Wildman–Crippen MR) is 273 cm³/mol. The number of guanidine groups is 1. The van der Waals surface area contributed by atoms with E-state index in [9.17, 15) is 66.5 Å². The fraction of sp³-hybridized carbons (Fsp3) is 0.717. The van der Waals surface area contributed by atoms with Crippen LogP contribution in [-0.4, -0.2) is 185 Å². The monoisotopic (exact) mass is 1100 g/mol. The largest absolute Gasteiger partial charge is 0.481 e. The first-order valence-electron chi connectivity index (χ1n) is 25.6. The number of aromatic nitrogens is 2. The average Bonchev–Trinajstić information content (AvgIpc) is 4.08. The maximum atomic E-state index is 14.4. The highest BCUT2D eigenvalue weighted by Gasteiger charge is 2.52. The van der Waals surface area contributed by atoms with Crippen LogP contribution in [0.1, 0.15) is 96.1 Å². The minimum atomic E-state index is -4.92. The number of carboxylic acid groups (broad SMARTS) is 1. The van der Waals surface area contributed by atoms with Crippen molar-refractivity contribution in [2.75, 3.05) is 45.8 Å². The Hall–Kier alpha value is -6.54. The van der Waals surface area contributed by atoms with Crippen LogP contribution in [0.2, 0.25) is 0 Å². The van der Waals surface area contributed by atoms with Gasteiger partial charge in [0.1, 0.15) is 30.2 Å². The third kappa shape index (κ3) is 23.7. The summed E-state index contributed by atoms with van der Waals surface area (Å²) in [6.07, 6.45) is -3.09. The molecule has 0 bridgehead atoms. The third-order valence-corrected chi connectivity index (χ3v) is 12.7. The Labute approximate surface area is 443 Å². The van der Waals surface area contributed by atoms with Crippen LogP contribution in [0.4, 0.5) is 13.2 Å². The van der Waals surface area contributed by atoms with E-state index in [4.69, 9.17) is 40.1 Å². The lowest BCUT2D eigenvalue weighted by Crippen LogP contribution is -2.60. The van der Waals surface area contributed by atoms with Crippen LogP contribution < -0.4 is 72.0 Å². The number of ketones is 1. The molecule has 77 heavy (non-hydrogen) atoms. The zero-order chi connectivity index (χ0) is 57.8. The van der Waals surface area contributed by atoms with Gasteiger partial charge in [0.05, 0.1) is 42.9 Å². The molecule has 436 valence electrons. The number of carboxylic acids is 1. The number of nitrogens with zero attached hydrogens (tertiary/aromatic N) is 3. The van der Waals surface area contributed by atoms with E-state index >= 15 is 0 Å². The lowest BCUT2D eigenvalue weighted by molar-refractivity contribution is -0.171. The summed E-state index contributed by atoms with van der Waals surface area (Å²) in [6, 6.07) is -10.3. The van der Waals surface area contributed by atoms with Gasteiger partial charge in [-0.25, -0.2) is 4.98 Å². The number of imidazole rings is 1. The Bertz CT molecular complexity index is 2100. The van der Waals surface area contributed by atoms with Crippen LogP contribution in [0.25, 0.3) is 0 Å². The molecule has 23 N–H and O–H groups in total. The van der Waals surface area contributed by atoms with Gasteiger partial charge in [0, 0.05) is 44.4 Å². The van der Waals surface area contributed by atoms with Crippen LogP contribution in [0.15, 0.2) is 17.5 Å². The van der Waals surface area contributed by atoms with Crippen molar-refractivity contribution < 1.29 is 66.5 Å². The van der Waals surface area contributed by atoms with Crippen LogP contribution in [0.5, 0.6) is 0 Å². The molecular weight excluding hydrogens is 1020 g/mol. The van der Waals surface area contributed by atoms with E-state index in [1.807, 2.05) is 0 Å². The molecule has 1 saturated heterocycles. The molecule has 1 aliphatic heterocycles. The molecular formula is C46H80F3N17O11. The SMILES string of the molecule is C[C@H](NC(=O)[C@@H](NC(=O)[C@@H](N)CCCCN)[C@@H](O)CN)C(=O)NCC(=O)N[C@H](CCCN)C(=O)N1C[C@@H](C(F)(F)F)C[C@H]1C(=O)N[C@@H](Cc1cnc[nH]1)C(=O)N[C@@H](CCCCN)C(=O)CCC(CCCN=C(N)N)C(=O)O. The van der Waals surface area contributed by atoms with Crippen molar-refractivity contribution in [3.8, 4) is 0 Å². The predicted octanol–water partition coefficient (Wildman–Crippen LogP) is -4.96. The molecule has 0 aliphatic carbocycles. The number of carbonyl (C=O) groups is 9. The van der Waals surface area contributed by atoms with E-state index in [-0.39, 0.29) is 82.7 Å². The van der Waals surface area contributed by atoms with Crippen LogP contribution >= 0.6 is 0 Å². The zero-order valence-corrected chi connectivity index (χ0v) is 43.4. The van der Waals surface area contributed by atoms with Crippen LogP contribution in [-0.2, 0) is 49.6 Å². The fourth-order valence-electron chi connectivity index (χ4n) is 8.25. The average molecular weight is 1100 g/mol. The van der Waals surface area contributed by atoms with E-state index in [0.717, 1.165) is 0 Å². The Morgan fingerprint density at radius 2 is 1.44 bits per heavy atom. The van der Waals surface area contributed by atoms with E-state index in [1.165, 1.54) is 19.4 Å². The maximum Gasteiger partial charge on any atom is 0.393 e. The second-order valence-corrected chi connectivity index (χ2v) is 18.8. The normalized spacial score (nSPS) is 17.5. The number of aromatic amines is 1. The number of rotatable bonds is 37. The Balaban J connectivity index is 2.31. The van der Waals surface area contributed by atoms with Crippen molar-refractivity contribution in [2.45, 2.75) is 151 Å². The Morgan fingerprint density at radius 3 is 2.03 bits per heavy atom. The van der Waals surface area contributed by atoms with Gasteiger partial charge in [0.25, 0.3) is 0 Å². The molecule has 28 nitrogen and oxygen atoms in total. The number of unbranched alkanes of at least 4 members (excludes halogenated alkanes) is 2. The molecule has 2 heterocycles. The molecule has 2 rings (SSSR count). The standard InChI is InChI=1S/C46H80F3N17O11/c1-25(61-42(74)37(35(68)20-53)65-39(71)29(54)9-2-4-14-50)38(70)59-22-36(69)62-31(11-6-16-52)43(75)66-23-27(46(47,48)49)18-33(66)41(73)64-32(19-28-21-57-24-60-28)40(72)63-30(10-3-5-15-51)34(67)13-12-26(44(76)77)8-7-17-58-45(55)56/h21,24-27,29-33,35,37,68H,2-20,22-23,50-54H2,1H3,(H,57,60)(H,59,70)(H,61,74)(H,62,69)(H,63,72)(H,64,73)(H,65,71)(H,76,77)(H4,55,56,58)/t25-,26?,27-,29-,30-,31+,32-,33-,35-,37-/m0/s1. The first-order valence-corrected chi connectivity index (χ1v) is 25.6. The summed E-state index contributed by atoms with van der Waals surface area (Å²) in [5.74, 6) is -12.1. The molecule has 1 aromatic heterocycles. The summed E-state index contributed by atoms with van der Waals surface area (Å²) in [6.45, 7) is -0.373. The highest BCUT2D eigenvalue weighted by molar-refractivity contribution is 5.97. The number of carbonyl (C=O) groups excluding carboxylic acids is 8. The number of aliphatic imine (C=N–C) groups is 1. The number of likely N-dealkylation sites (tertiary alicyclic amines) is 1. The van der Waals surface area contributed by atoms with Crippen LogP contribution in [0.3, 0.4) is 0 Å². The first kappa shape index (κ1) is 66.6. The number of hydrogen-bond donors (Lipinski definition) is 16. The van der Waals surface area contributed by atoms with Gasteiger partial charge < -0.3 is 92.1 Å². The topological polar surface area (TPSA) is 493 Å². The zero-order valence-electron chi connectivity index (χ0n) is 43.4. The number of H-pyrrole nitrogens is 1. The van der Waals surface area contributed by atoms with Crippen molar-refractivity contribution in [1.29, 1.82) is 0 Å². The van der Waals surface area contributed by atoms with E-state index < -0.39 is 146 Å². The molecule has 0 spiro atoms. The summed E-state index contributed by atoms with van der Waals surface area (Å²) in [5, 5.41) is 34.5. The van der Waals surface area contributed by atoms with E-state index in [2.05, 4.69) is 46.9 Å². The molecule has 1 aliphatic rings. The number of Topliss-reactive ketones (excluding diaryl/α,β-unsaturated/α-hetero) is 1. The Kier molecular flexibility index (Phi) is 29.6. The summed E-state index contributed by atoms with van der Waals surface area (Å²) in [5.41, 5.74) is 39.3.